The highest BCUT2D eigenvalue weighted by Gasteiger charge is 2.58. The lowest BCUT2D eigenvalue weighted by molar-refractivity contribution is -0.176. The van der Waals surface area contributed by atoms with E-state index in [1.54, 1.807) is 14.0 Å². The summed E-state index contributed by atoms with van der Waals surface area (Å²) in [6, 6.07) is 0.716. The van der Waals surface area contributed by atoms with E-state index < -0.39 is 0 Å². The Morgan fingerprint density at radius 3 is 2.28 bits per heavy atom. The number of hydrogen-bond acceptors (Lipinski definition) is 3. The quantitative estimate of drug-likeness (QED) is 0.380. The van der Waals surface area contributed by atoms with E-state index in [4.69, 9.17) is 4.74 Å². The number of rotatable bonds is 4. The monoisotopic (exact) mass is 466 g/mol. The van der Waals surface area contributed by atoms with Gasteiger partial charge < -0.3 is 20.3 Å². The standard InChI is InChI=1S/C18H34N4O2.HI/c1-7-19-16(20-14-8-10-22(11-9-14)13(2)23)21-15-12-18(5,24-6)17(15,3)4;/h14-15H,7-12H2,1-6H3,(H2,19,20,21);1H. The van der Waals surface area contributed by atoms with Crippen LogP contribution in [-0.4, -0.2) is 61.2 Å². The van der Waals surface area contributed by atoms with E-state index in [-0.39, 0.29) is 40.9 Å². The first kappa shape index (κ1) is 22.5. The maximum atomic E-state index is 11.4. The average Bonchev–Trinajstić information content (AvgIpc) is 2.54. The van der Waals surface area contributed by atoms with Crippen LogP contribution in [0.3, 0.4) is 0 Å². The van der Waals surface area contributed by atoms with E-state index in [0.29, 0.717) is 12.1 Å². The first-order valence-electron chi connectivity index (χ1n) is 9.11. The maximum Gasteiger partial charge on any atom is 0.219 e. The van der Waals surface area contributed by atoms with Crippen LogP contribution in [0.1, 0.15) is 53.9 Å². The van der Waals surface area contributed by atoms with E-state index in [1.165, 1.54) is 0 Å². The first-order chi connectivity index (χ1) is 11.2. The van der Waals surface area contributed by atoms with Crippen molar-refractivity contribution in [3.63, 3.8) is 0 Å². The second-order valence-corrected chi connectivity index (χ2v) is 7.81. The van der Waals surface area contributed by atoms with Crippen LogP contribution in [-0.2, 0) is 9.53 Å². The highest BCUT2D eigenvalue weighted by atomic mass is 127. The summed E-state index contributed by atoms with van der Waals surface area (Å²) in [5.74, 6) is 1.05. The molecule has 2 atom stereocenters. The number of piperidine rings is 1. The van der Waals surface area contributed by atoms with Gasteiger partial charge in [-0.2, -0.15) is 0 Å². The number of methoxy groups -OCH3 is 1. The Morgan fingerprint density at radius 1 is 1.24 bits per heavy atom. The molecule has 2 aliphatic rings. The van der Waals surface area contributed by atoms with Gasteiger partial charge in [0, 0.05) is 51.2 Å². The van der Waals surface area contributed by atoms with Crippen molar-refractivity contribution in [3.8, 4) is 0 Å². The fourth-order valence-electron chi connectivity index (χ4n) is 3.71. The molecule has 7 heteroatoms. The van der Waals surface area contributed by atoms with Gasteiger partial charge in [-0.05, 0) is 33.1 Å². The molecule has 1 aliphatic heterocycles. The number of carbonyl (C=O) groups excluding carboxylic acids is 1. The first-order valence-corrected chi connectivity index (χ1v) is 9.11. The number of aliphatic imine (C=N–C) groups is 1. The maximum absolute atomic E-state index is 11.4. The molecular weight excluding hydrogens is 431 g/mol. The predicted molar refractivity (Wildman–Crippen MR) is 113 cm³/mol. The Balaban J connectivity index is 0.00000312. The Morgan fingerprint density at radius 2 is 1.84 bits per heavy atom. The van der Waals surface area contributed by atoms with Crippen molar-refractivity contribution in [1.29, 1.82) is 0 Å². The van der Waals surface area contributed by atoms with Crippen molar-refractivity contribution in [2.75, 3.05) is 26.7 Å². The minimum absolute atomic E-state index is 0. The Bertz CT molecular complexity index is 489. The third-order valence-corrected chi connectivity index (χ3v) is 6.19. The van der Waals surface area contributed by atoms with Crippen molar-refractivity contribution in [3.05, 3.63) is 0 Å². The summed E-state index contributed by atoms with van der Waals surface area (Å²) < 4.78 is 5.71. The summed E-state index contributed by atoms with van der Waals surface area (Å²) in [5, 5.41) is 7.15. The lowest BCUT2D eigenvalue weighted by Gasteiger charge is -2.59. The molecule has 25 heavy (non-hydrogen) atoms. The van der Waals surface area contributed by atoms with Crippen molar-refractivity contribution < 1.29 is 9.53 Å². The third-order valence-electron chi connectivity index (χ3n) is 6.19. The molecule has 2 N–H and O–H groups in total. The smallest absolute Gasteiger partial charge is 0.219 e. The predicted octanol–water partition coefficient (Wildman–Crippen LogP) is 2.37. The minimum Gasteiger partial charge on any atom is -0.378 e. The van der Waals surface area contributed by atoms with E-state index >= 15 is 0 Å². The lowest BCUT2D eigenvalue weighted by atomic mass is 9.56. The zero-order chi connectivity index (χ0) is 18.0. The molecule has 1 aliphatic carbocycles. The van der Waals surface area contributed by atoms with E-state index in [0.717, 1.165) is 44.9 Å². The minimum atomic E-state index is -0.0885. The van der Waals surface area contributed by atoms with Crippen molar-refractivity contribution >= 4 is 35.8 Å². The van der Waals surface area contributed by atoms with Crippen LogP contribution in [0.4, 0.5) is 0 Å². The molecule has 0 aromatic heterocycles. The van der Waals surface area contributed by atoms with Crippen LogP contribution in [0, 0.1) is 5.41 Å². The highest BCUT2D eigenvalue weighted by Crippen LogP contribution is 2.51. The second kappa shape index (κ2) is 8.88. The van der Waals surface area contributed by atoms with Crippen LogP contribution in [0.25, 0.3) is 0 Å². The summed E-state index contributed by atoms with van der Waals surface area (Å²) in [7, 11) is 1.79. The van der Waals surface area contributed by atoms with Crippen molar-refractivity contribution in [1.82, 2.24) is 15.5 Å². The number of nitrogens with zero attached hydrogens (tertiary/aromatic N) is 2. The van der Waals surface area contributed by atoms with Crippen LogP contribution >= 0.6 is 24.0 Å². The normalized spacial score (nSPS) is 29.4. The van der Waals surface area contributed by atoms with Crippen molar-refractivity contribution in [2.24, 2.45) is 10.4 Å². The largest absolute Gasteiger partial charge is 0.378 e. The molecule has 1 saturated carbocycles. The van der Waals surface area contributed by atoms with E-state index in [2.05, 4.69) is 36.4 Å². The number of amides is 1. The molecular formula is C18H35IN4O2. The molecule has 2 rings (SSSR count). The SMILES string of the molecule is CCN=C(NC1CCN(C(C)=O)CC1)NC1CC(C)(OC)C1(C)C.I. The van der Waals surface area contributed by atoms with Gasteiger partial charge in [-0.25, -0.2) is 0 Å². The number of likely N-dealkylation sites (tertiary alicyclic amines) is 1. The van der Waals surface area contributed by atoms with Gasteiger partial charge in [0.25, 0.3) is 0 Å². The van der Waals surface area contributed by atoms with Gasteiger partial charge in [0.15, 0.2) is 5.96 Å². The Labute approximate surface area is 169 Å². The topological polar surface area (TPSA) is 66.0 Å². The van der Waals surface area contributed by atoms with Crippen LogP contribution < -0.4 is 10.6 Å². The van der Waals surface area contributed by atoms with Gasteiger partial charge in [0.1, 0.15) is 0 Å². The molecule has 146 valence electrons. The van der Waals surface area contributed by atoms with Crippen LogP contribution in [0.5, 0.6) is 0 Å². The molecule has 1 amide bonds. The number of ether oxygens (including phenoxy) is 1. The fraction of sp³-hybridized carbons (Fsp3) is 0.889. The van der Waals surface area contributed by atoms with Crippen molar-refractivity contribution in [2.45, 2.75) is 71.6 Å². The molecule has 0 spiro atoms. The molecule has 1 saturated heterocycles. The van der Waals surface area contributed by atoms with Crippen LogP contribution in [0.15, 0.2) is 4.99 Å². The molecule has 6 nitrogen and oxygen atoms in total. The molecule has 0 bridgehead atoms. The molecule has 0 aromatic rings. The van der Waals surface area contributed by atoms with Crippen LogP contribution in [0.2, 0.25) is 0 Å². The number of halogens is 1. The number of guanidine groups is 1. The number of carbonyl (C=O) groups is 1. The zero-order valence-electron chi connectivity index (χ0n) is 16.5. The molecule has 2 unspecified atom stereocenters. The molecule has 2 fully saturated rings. The highest BCUT2D eigenvalue weighted by molar-refractivity contribution is 14.0. The van der Waals surface area contributed by atoms with E-state index in [9.17, 15) is 4.79 Å². The summed E-state index contributed by atoms with van der Waals surface area (Å²) in [6.07, 6.45) is 2.91. The molecule has 1 heterocycles. The van der Waals surface area contributed by atoms with Gasteiger partial charge >= 0.3 is 0 Å². The molecule has 0 radical (unpaired) electrons. The van der Waals surface area contributed by atoms with Gasteiger partial charge in [0.2, 0.25) is 5.91 Å². The number of nitrogens with one attached hydrogen (secondary N) is 2. The van der Waals surface area contributed by atoms with E-state index in [1.807, 2.05) is 11.8 Å². The summed E-state index contributed by atoms with van der Waals surface area (Å²) in [4.78, 5) is 18.0. The van der Waals surface area contributed by atoms with Gasteiger partial charge in [-0.1, -0.05) is 13.8 Å². The summed E-state index contributed by atoms with van der Waals surface area (Å²) >= 11 is 0. The lowest BCUT2D eigenvalue weighted by Crippen LogP contribution is -2.70. The summed E-state index contributed by atoms with van der Waals surface area (Å²) in [6.45, 7) is 12.7. The molecule has 0 aromatic carbocycles. The second-order valence-electron chi connectivity index (χ2n) is 7.81. The van der Waals surface area contributed by atoms with Gasteiger partial charge in [-0.3, -0.25) is 9.79 Å². The Kier molecular flexibility index (Phi) is 7.98. The number of hydrogen-bond donors (Lipinski definition) is 2. The third kappa shape index (κ3) is 4.78. The summed E-state index contributed by atoms with van der Waals surface area (Å²) in [5.41, 5.74) is -0.0370. The average molecular weight is 466 g/mol. The van der Waals surface area contributed by atoms with Gasteiger partial charge in [0.05, 0.1) is 5.60 Å². The zero-order valence-corrected chi connectivity index (χ0v) is 18.8. The fourth-order valence-corrected chi connectivity index (χ4v) is 3.71. The van der Waals surface area contributed by atoms with Gasteiger partial charge in [-0.15, -0.1) is 24.0 Å². The Hall–Kier alpha value is -0.570.